The van der Waals surface area contributed by atoms with Gasteiger partial charge in [-0.3, -0.25) is 4.98 Å². The van der Waals surface area contributed by atoms with Crippen LogP contribution >= 0.6 is 0 Å². The number of aryl methyl sites for hydroxylation is 1. The number of hydrogen-bond acceptors (Lipinski definition) is 2. The Labute approximate surface area is 91.4 Å². The van der Waals surface area contributed by atoms with E-state index in [1.165, 1.54) is 0 Å². The third-order valence-corrected chi connectivity index (χ3v) is 2.93. The number of pyridine rings is 1. The minimum atomic E-state index is -0.283. The minimum absolute atomic E-state index is 0.283. The van der Waals surface area contributed by atoms with Gasteiger partial charge in [-0.15, -0.1) is 0 Å². The van der Waals surface area contributed by atoms with Gasteiger partial charge in [0.05, 0.1) is 6.10 Å². The number of aromatic nitrogens is 1. The van der Waals surface area contributed by atoms with Crippen molar-refractivity contribution < 1.29 is 5.11 Å². The maximum Gasteiger partial charge on any atom is 0.0807 e. The minimum Gasteiger partial charge on any atom is -0.388 e. The first-order chi connectivity index (χ1) is 7.16. The van der Waals surface area contributed by atoms with Crippen LogP contribution in [0.25, 0.3) is 0 Å². The molecular weight excluding hydrogens is 186 g/mol. The number of nitrogens with zero attached hydrogens (tertiary/aromatic N) is 1. The van der Waals surface area contributed by atoms with Crippen LogP contribution in [-0.4, -0.2) is 10.1 Å². The summed E-state index contributed by atoms with van der Waals surface area (Å²) in [7, 11) is 0. The van der Waals surface area contributed by atoms with Crippen LogP contribution < -0.4 is 0 Å². The van der Waals surface area contributed by atoms with Gasteiger partial charge in [0.1, 0.15) is 0 Å². The van der Waals surface area contributed by atoms with Gasteiger partial charge in [0.2, 0.25) is 0 Å². The predicted octanol–water partition coefficient (Wildman–Crippen LogP) is 2.65. The van der Waals surface area contributed by atoms with Crippen LogP contribution in [0, 0.1) is 5.92 Å². The first-order valence-corrected chi connectivity index (χ1v) is 5.83. The highest BCUT2D eigenvalue weighted by molar-refractivity contribution is 5.27. The standard InChI is InChI=1S/C13H19NO/c1-9(2)8-10-6-7-11-12(14-10)4-3-5-13(11)15/h6-7,9,13,15H,3-5,8H2,1-2H3. The summed E-state index contributed by atoms with van der Waals surface area (Å²) in [6.07, 6.45) is 3.72. The summed E-state index contributed by atoms with van der Waals surface area (Å²) in [6.45, 7) is 4.41. The number of aliphatic hydroxyl groups excluding tert-OH is 1. The molecule has 1 aliphatic rings. The molecule has 0 spiro atoms. The molecule has 0 aromatic carbocycles. The second kappa shape index (κ2) is 4.31. The molecule has 1 atom stereocenters. The van der Waals surface area contributed by atoms with Crippen molar-refractivity contribution in [3.8, 4) is 0 Å². The molecule has 15 heavy (non-hydrogen) atoms. The van der Waals surface area contributed by atoms with E-state index in [-0.39, 0.29) is 6.10 Å². The smallest absolute Gasteiger partial charge is 0.0807 e. The highest BCUT2D eigenvalue weighted by Crippen LogP contribution is 2.28. The number of rotatable bonds is 2. The molecule has 0 radical (unpaired) electrons. The lowest BCUT2D eigenvalue weighted by Gasteiger charge is -2.21. The van der Waals surface area contributed by atoms with E-state index in [1.807, 2.05) is 0 Å². The van der Waals surface area contributed by atoms with Gasteiger partial charge in [-0.2, -0.15) is 0 Å². The molecule has 0 saturated heterocycles. The third-order valence-electron chi connectivity index (χ3n) is 2.93. The molecule has 2 nitrogen and oxygen atoms in total. The Morgan fingerprint density at radius 1 is 1.47 bits per heavy atom. The van der Waals surface area contributed by atoms with Gasteiger partial charge in [-0.1, -0.05) is 19.9 Å². The normalized spacial score (nSPS) is 20.4. The summed E-state index contributed by atoms with van der Waals surface area (Å²) >= 11 is 0. The Bertz CT molecular complexity index is 346. The Morgan fingerprint density at radius 2 is 2.27 bits per heavy atom. The molecule has 1 heterocycles. The van der Waals surface area contributed by atoms with Crippen LogP contribution in [0.3, 0.4) is 0 Å². The second-order valence-corrected chi connectivity index (χ2v) is 4.84. The molecule has 0 amide bonds. The molecule has 0 aliphatic heterocycles. The number of fused-ring (bicyclic) bond motifs is 1. The van der Waals surface area contributed by atoms with Crippen LogP contribution in [0.5, 0.6) is 0 Å². The molecule has 0 bridgehead atoms. The van der Waals surface area contributed by atoms with Crippen molar-refractivity contribution in [1.82, 2.24) is 4.98 Å². The van der Waals surface area contributed by atoms with Crippen molar-refractivity contribution in [2.24, 2.45) is 5.92 Å². The van der Waals surface area contributed by atoms with Crippen LogP contribution in [0.15, 0.2) is 12.1 Å². The van der Waals surface area contributed by atoms with Gasteiger partial charge in [-0.05, 0) is 37.7 Å². The van der Waals surface area contributed by atoms with E-state index >= 15 is 0 Å². The summed E-state index contributed by atoms with van der Waals surface area (Å²) in [5.74, 6) is 0.643. The fraction of sp³-hybridized carbons (Fsp3) is 0.615. The zero-order chi connectivity index (χ0) is 10.8. The molecule has 1 aromatic heterocycles. The average molecular weight is 205 g/mol. The van der Waals surface area contributed by atoms with Crippen LogP contribution in [0.2, 0.25) is 0 Å². The molecular formula is C13H19NO. The molecule has 82 valence electrons. The summed E-state index contributed by atoms with van der Waals surface area (Å²) in [5.41, 5.74) is 3.33. The zero-order valence-electron chi connectivity index (χ0n) is 9.53. The Kier molecular flexibility index (Phi) is 3.06. The summed E-state index contributed by atoms with van der Waals surface area (Å²) in [6, 6.07) is 4.12. The molecule has 1 unspecified atom stereocenters. The lowest BCUT2D eigenvalue weighted by atomic mass is 9.92. The maximum atomic E-state index is 9.79. The van der Waals surface area contributed by atoms with E-state index < -0.39 is 0 Å². The molecule has 0 saturated carbocycles. The van der Waals surface area contributed by atoms with E-state index in [9.17, 15) is 5.11 Å². The van der Waals surface area contributed by atoms with E-state index in [0.29, 0.717) is 5.92 Å². The Balaban J connectivity index is 2.25. The Morgan fingerprint density at radius 3 is 3.00 bits per heavy atom. The quantitative estimate of drug-likeness (QED) is 0.805. The van der Waals surface area contributed by atoms with Crippen LogP contribution in [-0.2, 0) is 12.8 Å². The predicted molar refractivity (Wildman–Crippen MR) is 60.7 cm³/mol. The zero-order valence-corrected chi connectivity index (χ0v) is 9.53. The van der Waals surface area contributed by atoms with Gasteiger partial charge in [-0.25, -0.2) is 0 Å². The highest BCUT2D eigenvalue weighted by atomic mass is 16.3. The Hall–Kier alpha value is -0.890. The molecule has 2 rings (SSSR count). The fourth-order valence-electron chi connectivity index (χ4n) is 2.21. The molecule has 2 heteroatoms. The summed E-state index contributed by atoms with van der Waals surface area (Å²) in [5, 5.41) is 9.79. The SMILES string of the molecule is CC(C)Cc1ccc2c(n1)CCCC2O. The third kappa shape index (κ3) is 2.37. The topological polar surface area (TPSA) is 33.1 Å². The monoisotopic (exact) mass is 205 g/mol. The average Bonchev–Trinajstić information content (AvgIpc) is 2.17. The van der Waals surface area contributed by atoms with Gasteiger partial charge in [0, 0.05) is 17.0 Å². The van der Waals surface area contributed by atoms with Crippen molar-refractivity contribution in [2.75, 3.05) is 0 Å². The molecule has 1 N–H and O–H groups in total. The van der Waals surface area contributed by atoms with Gasteiger partial charge in [0.25, 0.3) is 0 Å². The van der Waals surface area contributed by atoms with Crippen molar-refractivity contribution in [2.45, 2.75) is 45.6 Å². The second-order valence-electron chi connectivity index (χ2n) is 4.84. The summed E-state index contributed by atoms with van der Waals surface area (Å²) < 4.78 is 0. The lowest BCUT2D eigenvalue weighted by Crippen LogP contribution is -2.12. The molecule has 0 fully saturated rings. The number of hydrogen-bond donors (Lipinski definition) is 1. The molecule has 1 aromatic rings. The molecule has 1 aliphatic carbocycles. The van der Waals surface area contributed by atoms with Gasteiger partial charge >= 0.3 is 0 Å². The van der Waals surface area contributed by atoms with Crippen molar-refractivity contribution in [3.63, 3.8) is 0 Å². The van der Waals surface area contributed by atoms with Crippen LogP contribution in [0.1, 0.15) is 49.7 Å². The largest absolute Gasteiger partial charge is 0.388 e. The first kappa shape index (κ1) is 10.6. The highest BCUT2D eigenvalue weighted by Gasteiger charge is 2.19. The van der Waals surface area contributed by atoms with Crippen molar-refractivity contribution in [1.29, 1.82) is 0 Å². The lowest BCUT2D eigenvalue weighted by molar-refractivity contribution is 0.155. The fourth-order valence-corrected chi connectivity index (χ4v) is 2.21. The van der Waals surface area contributed by atoms with Gasteiger partial charge < -0.3 is 5.11 Å². The van der Waals surface area contributed by atoms with E-state index in [1.54, 1.807) is 0 Å². The van der Waals surface area contributed by atoms with Crippen molar-refractivity contribution in [3.05, 3.63) is 29.1 Å². The van der Waals surface area contributed by atoms with E-state index in [2.05, 4.69) is 31.0 Å². The maximum absolute atomic E-state index is 9.79. The van der Waals surface area contributed by atoms with Crippen LogP contribution in [0.4, 0.5) is 0 Å². The summed E-state index contributed by atoms with van der Waals surface area (Å²) in [4.78, 5) is 4.64. The first-order valence-electron chi connectivity index (χ1n) is 5.83. The van der Waals surface area contributed by atoms with Crippen molar-refractivity contribution >= 4 is 0 Å². The number of aliphatic hydroxyl groups is 1. The van der Waals surface area contributed by atoms with E-state index in [4.69, 9.17) is 0 Å². The van der Waals surface area contributed by atoms with Gasteiger partial charge in [0.15, 0.2) is 0 Å². The van der Waals surface area contributed by atoms with E-state index in [0.717, 1.165) is 42.6 Å².